The van der Waals surface area contributed by atoms with Crippen LogP contribution in [0.5, 0.6) is 0 Å². The Balaban J connectivity index is 1.76. The number of aliphatic imine (C=N–C) groups is 1. The Morgan fingerprint density at radius 1 is 1.12 bits per heavy atom. The van der Waals surface area contributed by atoms with E-state index >= 15 is 0 Å². The monoisotopic (exact) mass is 394 g/mol. The van der Waals surface area contributed by atoms with E-state index in [1.165, 1.54) is 4.88 Å². The van der Waals surface area contributed by atoms with Gasteiger partial charge in [0.15, 0.2) is 5.96 Å². The summed E-state index contributed by atoms with van der Waals surface area (Å²) in [5.41, 5.74) is 0.933. The summed E-state index contributed by atoms with van der Waals surface area (Å²) in [6.07, 6.45) is 0.916. The number of rotatable bonds is 10. The number of nitrogens with zero attached hydrogens (tertiary/aromatic N) is 1. The second kappa shape index (κ2) is 10.9. The quantitative estimate of drug-likeness (QED) is 0.425. The van der Waals surface area contributed by atoms with Crippen LogP contribution in [-0.2, 0) is 23.0 Å². The zero-order chi connectivity index (χ0) is 18.7. The second-order valence-electron chi connectivity index (χ2n) is 5.64. The summed E-state index contributed by atoms with van der Waals surface area (Å²) in [5.74, 6) is 0.601. The molecule has 0 amide bonds. The zero-order valence-corrected chi connectivity index (χ0v) is 16.6. The average molecular weight is 395 g/mol. The number of guanidine groups is 1. The first kappa shape index (κ1) is 20.4. The molecule has 0 radical (unpaired) electrons. The van der Waals surface area contributed by atoms with E-state index in [4.69, 9.17) is 0 Å². The lowest BCUT2D eigenvalue weighted by Crippen LogP contribution is -2.38. The Bertz CT molecular complexity index is 760. The molecule has 0 atom stereocenters. The third-order valence-electron chi connectivity index (χ3n) is 3.56. The molecule has 0 spiro atoms. The number of thiophene rings is 1. The van der Waals surface area contributed by atoms with Crippen LogP contribution in [0.1, 0.15) is 17.4 Å². The van der Waals surface area contributed by atoms with Crippen LogP contribution in [0.15, 0.2) is 52.8 Å². The molecule has 0 aliphatic carbocycles. The van der Waals surface area contributed by atoms with Gasteiger partial charge < -0.3 is 10.6 Å². The Hall–Kier alpha value is -1.90. The van der Waals surface area contributed by atoms with Crippen molar-refractivity contribution in [2.45, 2.75) is 19.9 Å². The third kappa shape index (κ3) is 7.99. The lowest BCUT2D eigenvalue weighted by atomic mass is 10.2. The Morgan fingerprint density at radius 3 is 2.62 bits per heavy atom. The first-order valence-corrected chi connectivity index (χ1v) is 11.2. The van der Waals surface area contributed by atoms with Crippen molar-refractivity contribution in [1.82, 2.24) is 15.4 Å². The van der Waals surface area contributed by atoms with Gasteiger partial charge in [-0.25, -0.2) is 13.1 Å². The van der Waals surface area contributed by atoms with E-state index in [2.05, 4.69) is 31.8 Å². The van der Waals surface area contributed by atoms with Gasteiger partial charge in [0, 0.05) is 24.5 Å². The highest BCUT2D eigenvalue weighted by Gasteiger charge is 2.09. The number of nitrogens with one attached hydrogen (secondary N) is 3. The highest BCUT2D eigenvalue weighted by atomic mass is 32.2. The minimum atomic E-state index is -3.36. The fourth-order valence-corrected chi connectivity index (χ4v) is 3.81. The molecule has 1 aromatic heterocycles. The fraction of sp³-hybridized carbons (Fsp3) is 0.389. The summed E-state index contributed by atoms with van der Waals surface area (Å²) in [6.45, 7) is 3.97. The molecule has 1 heterocycles. The maximum Gasteiger partial charge on any atom is 0.213 e. The van der Waals surface area contributed by atoms with Crippen molar-refractivity contribution in [2.24, 2.45) is 4.99 Å². The van der Waals surface area contributed by atoms with Crippen LogP contribution in [-0.4, -0.2) is 39.8 Å². The first-order chi connectivity index (χ1) is 12.6. The topological polar surface area (TPSA) is 82.6 Å². The van der Waals surface area contributed by atoms with Gasteiger partial charge in [-0.15, -0.1) is 11.3 Å². The largest absolute Gasteiger partial charge is 0.357 e. The van der Waals surface area contributed by atoms with Crippen molar-refractivity contribution >= 4 is 27.3 Å². The fourth-order valence-electron chi connectivity index (χ4n) is 2.24. The number of sulfonamides is 1. The van der Waals surface area contributed by atoms with Gasteiger partial charge in [0.25, 0.3) is 0 Å². The lowest BCUT2D eigenvalue weighted by Gasteiger charge is -2.11. The maximum absolute atomic E-state index is 12.1. The third-order valence-corrected chi connectivity index (χ3v) is 5.80. The van der Waals surface area contributed by atoms with E-state index in [1.807, 2.05) is 43.3 Å². The van der Waals surface area contributed by atoms with Gasteiger partial charge in [0.2, 0.25) is 10.0 Å². The van der Waals surface area contributed by atoms with Crippen LogP contribution < -0.4 is 15.4 Å². The van der Waals surface area contributed by atoms with Crippen molar-refractivity contribution in [1.29, 1.82) is 0 Å². The Kier molecular flexibility index (Phi) is 8.60. The van der Waals surface area contributed by atoms with Gasteiger partial charge in [0.1, 0.15) is 0 Å². The molecule has 2 rings (SSSR count). The van der Waals surface area contributed by atoms with Crippen molar-refractivity contribution in [3.63, 3.8) is 0 Å². The van der Waals surface area contributed by atoms with Crippen LogP contribution in [0, 0.1) is 0 Å². The Morgan fingerprint density at radius 2 is 1.92 bits per heavy atom. The van der Waals surface area contributed by atoms with E-state index in [0.717, 1.165) is 25.1 Å². The van der Waals surface area contributed by atoms with Crippen molar-refractivity contribution < 1.29 is 8.42 Å². The van der Waals surface area contributed by atoms with E-state index in [0.29, 0.717) is 12.5 Å². The minimum Gasteiger partial charge on any atom is -0.357 e. The summed E-state index contributed by atoms with van der Waals surface area (Å²) < 4.78 is 26.8. The van der Waals surface area contributed by atoms with Gasteiger partial charge in [-0.3, -0.25) is 4.99 Å². The predicted octanol–water partition coefficient (Wildman–Crippen LogP) is 1.97. The van der Waals surface area contributed by atoms with Gasteiger partial charge in [-0.1, -0.05) is 36.4 Å². The smallest absolute Gasteiger partial charge is 0.213 e. The molecule has 142 valence electrons. The van der Waals surface area contributed by atoms with Crippen LogP contribution in [0.2, 0.25) is 0 Å². The number of hydrogen-bond acceptors (Lipinski definition) is 4. The van der Waals surface area contributed by atoms with Crippen LogP contribution in [0.3, 0.4) is 0 Å². The molecule has 3 N–H and O–H groups in total. The molecule has 0 saturated heterocycles. The minimum absolute atomic E-state index is 0.0403. The molecule has 0 bridgehead atoms. The molecule has 2 aromatic rings. The molecule has 0 fully saturated rings. The SMILES string of the molecule is CCNC(=NCCS(=O)(=O)NCc1ccccc1)NCCc1cccs1. The molecule has 1 aromatic carbocycles. The normalized spacial score (nSPS) is 12.1. The summed E-state index contributed by atoms with van der Waals surface area (Å²) in [7, 11) is -3.36. The standard InChI is InChI=1S/C18H26N4O2S2/c1-2-19-18(20-11-10-17-9-6-13-25-17)21-12-14-26(23,24)22-15-16-7-4-3-5-8-16/h3-9,13,22H,2,10-12,14-15H2,1H3,(H2,19,20,21). The first-order valence-electron chi connectivity index (χ1n) is 8.65. The van der Waals surface area contributed by atoms with E-state index in [9.17, 15) is 8.42 Å². The highest BCUT2D eigenvalue weighted by molar-refractivity contribution is 7.89. The number of hydrogen-bond donors (Lipinski definition) is 3. The van der Waals surface area contributed by atoms with Gasteiger partial charge in [-0.2, -0.15) is 0 Å². The predicted molar refractivity (Wildman–Crippen MR) is 109 cm³/mol. The summed E-state index contributed by atoms with van der Waals surface area (Å²) in [5, 5.41) is 8.42. The zero-order valence-electron chi connectivity index (χ0n) is 14.9. The molecule has 8 heteroatoms. The summed E-state index contributed by atoms with van der Waals surface area (Å²) >= 11 is 1.72. The second-order valence-corrected chi connectivity index (χ2v) is 8.60. The van der Waals surface area contributed by atoms with E-state index in [1.54, 1.807) is 11.3 Å². The molecule has 0 unspecified atom stereocenters. The lowest BCUT2D eigenvalue weighted by molar-refractivity contribution is 0.581. The molecule has 6 nitrogen and oxygen atoms in total. The molecular formula is C18H26N4O2S2. The molecular weight excluding hydrogens is 368 g/mol. The van der Waals surface area contributed by atoms with Gasteiger partial charge >= 0.3 is 0 Å². The van der Waals surface area contributed by atoms with E-state index < -0.39 is 10.0 Å². The van der Waals surface area contributed by atoms with Crippen LogP contribution in [0.25, 0.3) is 0 Å². The summed E-state index contributed by atoms with van der Waals surface area (Å²) in [4.78, 5) is 5.66. The van der Waals surface area contributed by atoms with Crippen LogP contribution >= 0.6 is 11.3 Å². The van der Waals surface area contributed by atoms with Gasteiger partial charge in [-0.05, 0) is 30.4 Å². The molecule has 0 aliphatic heterocycles. The van der Waals surface area contributed by atoms with Crippen molar-refractivity contribution in [3.05, 3.63) is 58.3 Å². The van der Waals surface area contributed by atoms with Crippen molar-refractivity contribution in [2.75, 3.05) is 25.4 Å². The average Bonchev–Trinajstić information content (AvgIpc) is 3.14. The molecule has 26 heavy (non-hydrogen) atoms. The van der Waals surface area contributed by atoms with Crippen molar-refractivity contribution in [3.8, 4) is 0 Å². The maximum atomic E-state index is 12.1. The number of benzene rings is 1. The molecule has 0 aliphatic rings. The summed E-state index contributed by atoms with van der Waals surface area (Å²) in [6, 6.07) is 13.6. The Labute approximate surface area is 159 Å². The molecule has 0 saturated carbocycles. The van der Waals surface area contributed by atoms with Crippen LogP contribution in [0.4, 0.5) is 0 Å². The van der Waals surface area contributed by atoms with E-state index in [-0.39, 0.29) is 12.3 Å². The highest BCUT2D eigenvalue weighted by Crippen LogP contribution is 2.07. The van der Waals surface area contributed by atoms with Gasteiger partial charge in [0.05, 0.1) is 12.3 Å².